The average Bonchev–Trinajstić information content (AvgIpc) is 3.32. The van der Waals surface area contributed by atoms with Crippen LogP contribution in [0.15, 0.2) is 58.2 Å². The fourth-order valence-corrected chi connectivity index (χ4v) is 4.44. The molecule has 0 radical (unpaired) electrons. The third kappa shape index (κ3) is 4.93. The van der Waals surface area contributed by atoms with Crippen LogP contribution in [0.4, 0.5) is 0 Å². The third-order valence-electron chi connectivity index (χ3n) is 5.21. The number of piperazine rings is 1. The first-order valence-corrected chi connectivity index (χ1v) is 11.3. The fourth-order valence-electron chi connectivity index (χ4n) is 3.41. The van der Waals surface area contributed by atoms with Gasteiger partial charge in [0.1, 0.15) is 16.9 Å². The number of halogens is 1. The number of carbonyl (C=O) groups excluding carboxylic acids is 1. The van der Waals surface area contributed by atoms with E-state index >= 15 is 0 Å². The third-order valence-corrected chi connectivity index (χ3v) is 6.43. The molecule has 158 valence electrons. The number of nitrogens with zero attached hydrogens (tertiary/aromatic N) is 4. The number of hydrogen-bond acceptors (Lipinski definition) is 6. The molecule has 31 heavy (non-hydrogen) atoms. The number of carbonyl (C=O) groups is 1. The predicted octanol–water partition coefficient (Wildman–Crippen LogP) is 4.40. The van der Waals surface area contributed by atoms with Gasteiger partial charge in [0.25, 0.3) is 0 Å². The molecule has 1 amide bonds. The van der Waals surface area contributed by atoms with Crippen molar-refractivity contribution in [1.29, 1.82) is 5.26 Å². The number of thioether (sulfide) groups is 1. The largest absolute Gasteiger partial charge is 0.464 e. The SMILES string of the molecule is CN1CCN(C(=O)CSc2nc(-c3ccc(Cl)cc3)cc(-c3ccco3)c2C#N)CC1. The van der Waals surface area contributed by atoms with Crippen LogP contribution < -0.4 is 0 Å². The highest BCUT2D eigenvalue weighted by Gasteiger charge is 2.22. The van der Waals surface area contributed by atoms with Crippen molar-refractivity contribution in [2.24, 2.45) is 0 Å². The molecule has 3 heterocycles. The van der Waals surface area contributed by atoms with Gasteiger partial charge in [-0.1, -0.05) is 35.5 Å². The Hall–Kier alpha value is -2.79. The second-order valence-corrected chi connectivity index (χ2v) is 8.70. The molecular formula is C23H21ClN4O2S. The van der Waals surface area contributed by atoms with Crippen LogP contribution in [0.5, 0.6) is 0 Å². The minimum atomic E-state index is 0.0558. The Morgan fingerprint density at radius 3 is 2.61 bits per heavy atom. The van der Waals surface area contributed by atoms with E-state index in [-0.39, 0.29) is 11.7 Å². The number of hydrogen-bond donors (Lipinski definition) is 0. The van der Waals surface area contributed by atoms with Crippen molar-refractivity contribution in [3.05, 3.63) is 59.3 Å². The molecule has 1 aliphatic rings. The summed E-state index contributed by atoms with van der Waals surface area (Å²) in [5, 5.41) is 11.0. The molecule has 8 heteroatoms. The van der Waals surface area contributed by atoms with Crippen LogP contribution in [0.1, 0.15) is 5.56 Å². The van der Waals surface area contributed by atoms with Crippen molar-refractivity contribution in [3.63, 3.8) is 0 Å². The van der Waals surface area contributed by atoms with Crippen molar-refractivity contribution in [3.8, 4) is 28.7 Å². The quantitative estimate of drug-likeness (QED) is 0.534. The molecule has 1 saturated heterocycles. The normalized spacial score (nSPS) is 14.4. The first-order valence-electron chi connectivity index (χ1n) is 9.89. The van der Waals surface area contributed by atoms with Gasteiger partial charge in [0.15, 0.2) is 0 Å². The molecule has 3 aromatic rings. The van der Waals surface area contributed by atoms with Crippen LogP contribution in [0.2, 0.25) is 5.02 Å². The van der Waals surface area contributed by atoms with E-state index in [1.54, 1.807) is 24.5 Å². The summed E-state index contributed by atoms with van der Waals surface area (Å²) in [6.45, 7) is 3.17. The molecule has 0 N–H and O–H groups in total. The zero-order valence-corrected chi connectivity index (χ0v) is 18.6. The number of pyridine rings is 1. The van der Waals surface area contributed by atoms with Gasteiger partial charge in [-0.2, -0.15) is 5.26 Å². The maximum absolute atomic E-state index is 12.7. The first kappa shape index (κ1) is 21.4. The van der Waals surface area contributed by atoms with Crippen LogP contribution >= 0.6 is 23.4 Å². The van der Waals surface area contributed by atoms with Gasteiger partial charge < -0.3 is 14.2 Å². The number of likely N-dealkylation sites (N-methyl/N-ethyl adjacent to an activating group) is 1. The van der Waals surface area contributed by atoms with E-state index in [4.69, 9.17) is 21.0 Å². The Bertz CT molecular complexity index is 1100. The summed E-state index contributed by atoms with van der Waals surface area (Å²) in [5.74, 6) is 0.870. The molecule has 6 nitrogen and oxygen atoms in total. The highest BCUT2D eigenvalue weighted by atomic mass is 35.5. The lowest BCUT2D eigenvalue weighted by Crippen LogP contribution is -2.47. The van der Waals surface area contributed by atoms with Crippen LogP contribution in [0.25, 0.3) is 22.6 Å². The van der Waals surface area contributed by atoms with Crippen LogP contribution in [0.3, 0.4) is 0 Å². The second kappa shape index (κ2) is 9.56. The molecule has 0 aliphatic carbocycles. The molecule has 1 fully saturated rings. The van der Waals surface area contributed by atoms with E-state index in [2.05, 4.69) is 18.0 Å². The van der Waals surface area contributed by atoms with Crippen LogP contribution in [-0.4, -0.2) is 59.7 Å². The molecule has 0 atom stereocenters. The molecule has 4 rings (SSSR count). The van der Waals surface area contributed by atoms with E-state index in [1.165, 1.54) is 11.8 Å². The van der Waals surface area contributed by atoms with Crippen molar-refractivity contribution < 1.29 is 9.21 Å². The van der Waals surface area contributed by atoms with Gasteiger partial charge >= 0.3 is 0 Å². The van der Waals surface area contributed by atoms with E-state index in [1.807, 2.05) is 29.2 Å². The Balaban J connectivity index is 1.66. The van der Waals surface area contributed by atoms with Crippen molar-refractivity contribution in [2.75, 3.05) is 39.0 Å². The van der Waals surface area contributed by atoms with Gasteiger partial charge in [0.05, 0.1) is 23.3 Å². The monoisotopic (exact) mass is 452 g/mol. The highest BCUT2D eigenvalue weighted by Crippen LogP contribution is 2.34. The van der Waals surface area contributed by atoms with Gasteiger partial charge in [-0.25, -0.2) is 4.98 Å². The molecule has 1 aromatic carbocycles. The van der Waals surface area contributed by atoms with Crippen molar-refractivity contribution in [2.45, 2.75) is 5.03 Å². The van der Waals surface area contributed by atoms with Gasteiger partial charge in [0.2, 0.25) is 5.91 Å². The number of rotatable bonds is 5. The smallest absolute Gasteiger partial charge is 0.233 e. The topological polar surface area (TPSA) is 73.4 Å². The van der Waals surface area contributed by atoms with E-state index in [0.29, 0.717) is 32.6 Å². The summed E-state index contributed by atoms with van der Waals surface area (Å²) < 4.78 is 5.57. The number of furan rings is 1. The summed E-state index contributed by atoms with van der Waals surface area (Å²) >= 11 is 7.32. The zero-order valence-electron chi connectivity index (χ0n) is 17.0. The minimum absolute atomic E-state index is 0.0558. The minimum Gasteiger partial charge on any atom is -0.464 e. The average molecular weight is 453 g/mol. The Kier molecular flexibility index (Phi) is 6.62. The summed E-state index contributed by atoms with van der Waals surface area (Å²) in [4.78, 5) is 21.5. The number of aromatic nitrogens is 1. The number of benzene rings is 1. The van der Waals surface area contributed by atoms with Crippen molar-refractivity contribution >= 4 is 29.3 Å². The summed E-state index contributed by atoms with van der Waals surface area (Å²) in [6, 6.07) is 15.0. The lowest BCUT2D eigenvalue weighted by atomic mass is 10.0. The van der Waals surface area contributed by atoms with Gasteiger partial charge in [-0.05, 0) is 37.4 Å². The van der Waals surface area contributed by atoms with E-state index < -0.39 is 0 Å². The molecule has 1 aliphatic heterocycles. The first-order chi connectivity index (χ1) is 15.0. The maximum Gasteiger partial charge on any atom is 0.233 e. The summed E-state index contributed by atoms with van der Waals surface area (Å²) in [5.41, 5.74) is 2.62. The zero-order chi connectivity index (χ0) is 21.8. The Morgan fingerprint density at radius 1 is 1.23 bits per heavy atom. The predicted molar refractivity (Wildman–Crippen MR) is 122 cm³/mol. The summed E-state index contributed by atoms with van der Waals surface area (Å²) in [6.07, 6.45) is 1.57. The summed E-state index contributed by atoms with van der Waals surface area (Å²) in [7, 11) is 2.05. The van der Waals surface area contributed by atoms with Crippen LogP contribution in [0, 0.1) is 11.3 Å². The van der Waals surface area contributed by atoms with Gasteiger partial charge in [-0.15, -0.1) is 0 Å². The second-order valence-electron chi connectivity index (χ2n) is 7.30. The standard InChI is InChI=1S/C23H21ClN4O2S/c1-27-8-10-28(11-9-27)22(29)15-31-23-19(14-25)18(21-3-2-12-30-21)13-20(26-23)16-4-6-17(24)7-5-16/h2-7,12-13H,8-11,15H2,1H3. The van der Waals surface area contributed by atoms with E-state index in [0.717, 1.165) is 31.7 Å². The maximum atomic E-state index is 12.7. The van der Waals surface area contributed by atoms with Gasteiger partial charge in [-0.3, -0.25) is 4.79 Å². The molecule has 0 unspecified atom stereocenters. The molecular weight excluding hydrogens is 432 g/mol. The van der Waals surface area contributed by atoms with E-state index in [9.17, 15) is 10.1 Å². The number of amides is 1. The highest BCUT2D eigenvalue weighted by molar-refractivity contribution is 8.00. The van der Waals surface area contributed by atoms with Crippen molar-refractivity contribution in [1.82, 2.24) is 14.8 Å². The molecule has 0 saturated carbocycles. The lowest BCUT2D eigenvalue weighted by Gasteiger charge is -2.32. The molecule has 0 spiro atoms. The number of nitriles is 1. The molecule has 2 aromatic heterocycles. The fraction of sp³-hybridized carbons (Fsp3) is 0.261. The van der Waals surface area contributed by atoms with Crippen LogP contribution in [-0.2, 0) is 4.79 Å². The van der Waals surface area contributed by atoms with Gasteiger partial charge in [0, 0.05) is 42.3 Å². The Labute approximate surface area is 190 Å². The Morgan fingerprint density at radius 2 is 1.97 bits per heavy atom. The molecule has 0 bridgehead atoms. The lowest BCUT2D eigenvalue weighted by molar-refractivity contribution is -0.129.